The van der Waals surface area contributed by atoms with Gasteiger partial charge in [-0.15, -0.1) is 0 Å². The number of hydrogen-bond acceptors (Lipinski definition) is 0. The first-order valence-corrected chi connectivity index (χ1v) is 4.97. The molecule has 2 aromatic carbocycles. The highest BCUT2D eigenvalue weighted by Crippen LogP contribution is 2.22. The van der Waals surface area contributed by atoms with Gasteiger partial charge in [-0.1, -0.05) is 46.6 Å². The first kappa shape index (κ1) is 8.79. The van der Waals surface area contributed by atoms with Gasteiger partial charge in [0.1, 0.15) is 0 Å². The van der Waals surface area contributed by atoms with Crippen LogP contribution in [0, 0.1) is 6.92 Å². The summed E-state index contributed by atoms with van der Waals surface area (Å²) in [6.45, 7) is 2.06. The van der Waals surface area contributed by atoms with Crippen molar-refractivity contribution in [1.82, 2.24) is 0 Å². The van der Waals surface area contributed by atoms with E-state index in [1.165, 1.54) is 10.9 Å². The normalized spacial score (nSPS) is 10.7. The van der Waals surface area contributed by atoms with Crippen LogP contribution in [0.3, 0.4) is 0 Å². The Hall–Kier alpha value is -0.793. The van der Waals surface area contributed by atoms with Crippen LogP contribution in [-0.4, -0.2) is 10.2 Å². The van der Waals surface area contributed by atoms with Gasteiger partial charge in [-0.25, -0.2) is 0 Å². The molecule has 13 heavy (non-hydrogen) atoms. The van der Waals surface area contributed by atoms with Crippen LogP contribution in [0.25, 0.3) is 10.8 Å². The van der Waals surface area contributed by atoms with Crippen molar-refractivity contribution in [2.24, 2.45) is 0 Å². The Balaban J connectivity index is 2.89. The van der Waals surface area contributed by atoms with Crippen LogP contribution in [0.4, 0.5) is 0 Å². The molecule has 0 aliphatic carbocycles. The van der Waals surface area contributed by atoms with Crippen LogP contribution in [0.1, 0.15) is 5.56 Å². The fourth-order valence-corrected chi connectivity index (χ4v) is 1.86. The van der Waals surface area contributed by atoms with Crippen molar-refractivity contribution in [2.75, 3.05) is 0 Å². The summed E-state index contributed by atoms with van der Waals surface area (Å²) in [5.74, 6) is 0. The van der Waals surface area contributed by atoms with Crippen molar-refractivity contribution in [3.05, 3.63) is 40.9 Å². The first-order chi connectivity index (χ1) is 6.18. The van der Waals surface area contributed by atoms with Crippen molar-refractivity contribution in [3.63, 3.8) is 0 Å². The van der Waals surface area contributed by atoms with Crippen LogP contribution in [0.5, 0.6) is 0 Å². The first-order valence-electron chi connectivity index (χ1n) is 4.09. The Morgan fingerprint density at radius 3 is 2.77 bits per heavy atom. The Morgan fingerprint density at radius 2 is 2.00 bits per heavy atom. The van der Waals surface area contributed by atoms with E-state index in [2.05, 4.69) is 35.4 Å². The van der Waals surface area contributed by atoms with Crippen molar-refractivity contribution in [3.8, 4) is 0 Å². The maximum Gasteiger partial charge on any atom is 0.0715 e. The van der Waals surface area contributed by atoms with E-state index in [-0.39, 0.29) is 0 Å². The monoisotopic (exact) mass is 203 g/mol. The number of hydrogen-bond donors (Lipinski definition) is 0. The Bertz CT molecular complexity index is 463. The van der Waals surface area contributed by atoms with Crippen molar-refractivity contribution >= 4 is 37.8 Å². The predicted octanol–water partition coefficient (Wildman–Crippen LogP) is 2.60. The summed E-state index contributed by atoms with van der Waals surface area (Å²) < 4.78 is 0. The van der Waals surface area contributed by atoms with Crippen LogP contribution in [0.15, 0.2) is 30.3 Å². The van der Waals surface area contributed by atoms with Crippen LogP contribution >= 0.6 is 11.6 Å². The van der Waals surface area contributed by atoms with Gasteiger partial charge in [0.25, 0.3) is 0 Å². The van der Waals surface area contributed by atoms with Gasteiger partial charge in [-0.05, 0) is 18.4 Å². The van der Waals surface area contributed by atoms with Gasteiger partial charge in [-0.3, -0.25) is 0 Å². The summed E-state index contributed by atoms with van der Waals surface area (Å²) in [4.78, 5) is 0. The van der Waals surface area contributed by atoms with Gasteiger partial charge < -0.3 is 0 Å². The van der Waals surface area contributed by atoms with Crippen LogP contribution < -0.4 is 5.19 Å². The van der Waals surface area contributed by atoms with Gasteiger partial charge in [0.2, 0.25) is 0 Å². The second-order valence-electron chi connectivity index (χ2n) is 3.13. The Morgan fingerprint density at radius 1 is 1.23 bits per heavy atom. The lowest BCUT2D eigenvalue weighted by molar-refractivity contribution is 1.55. The van der Waals surface area contributed by atoms with Gasteiger partial charge in [0, 0.05) is 10.4 Å². The van der Waals surface area contributed by atoms with Gasteiger partial charge in [0.05, 0.1) is 10.2 Å². The van der Waals surface area contributed by atoms with Gasteiger partial charge >= 0.3 is 0 Å². The molecule has 0 spiro atoms. The molecule has 0 nitrogen and oxygen atoms in total. The Labute approximate surface area is 86.0 Å². The maximum atomic E-state index is 6.07. The number of rotatable bonds is 0. The SMILES string of the molecule is Cc1cc2c(Cl)cccc2cc1[Si]. The minimum Gasteiger partial charge on any atom is -0.0837 e. The number of benzene rings is 2. The fourth-order valence-electron chi connectivity index (χ4n) is 1.40. The number of halogens is 1. The molecule has 0 saturated heterocycles. The topological polar surface area (TPSA) is 0 Å². The maximum absolute atomic E-state index is 6.07. The standard InChI is InChI=1S/C11H8ClSi/c1-7-5-9-8(6-11(7)13)3-2-4-10(9)12/h2-6H,1H3. The zero-order valence-electron chi connectivity index (χ0n) is 7.26. The summed E-state index contributed by atoms with van der Waals surface area (Å²) in [7, 11) is 3.55. The minimum atomic E-state index is 0.812. The van der Waals surface area contributed by atoms with E-state index in [9.17, 15) is 0 Å². The summed E-state index contributed by atoms with van der Waals surface area (Å²) in [6, 6.07) is 10.1. The van der Waals surface area contributed by atoms with Crippen LogP contribution in [0.2, 0.25) is 5.02 Å². The summed E-state index contributed by atoms with van der Waals surface area (Å²) in [5.41, 5.74) is 1.21. The molecule has 0 heterocycles. The lowest BCUT2D eigenvalue weighted by Gasteiger charge is -2.04. The molecule has 2 aromatic rings. The quantitative estimate of drug-likeness (QED) is 0.578. The fraction of sp³-hybridized carbons (Fsp3) is 0.0909. The molecular formula is C11H8ClSi. The smallest absolute Gasteiger partial charge is 0.0715 e. The van der Waals surface area contributed by atoms with E-state index in [1.54, 1.807) is 0 Å². The lowest BCUT2D eigenvalue weighted by Crippen LogP contribution is -2.05. The van der Waals surface area contributed by atoms with Crippen molar-refractivity contribution in [1.29, 1.82) is 0 Å². The van der Waals surface area contributed by atoms with E-state index in [1.807, 2.05) is 12.1 Å². The summed E-state index contributed by atoms with van der Waals surface area (Å²) >= 11 is 6.07. The molecule has 0 atom stereocenters. The molecule has 0 saturated carbocycles. The molecule has 0 aliphatic rings. The average molecular weight is 204 g/mol. The number of aryl methyl sites for hydroxylation is 1. The molecular weight excluding hydrogens is 196 g/mol. The van der Waals surface area contributed by atoms with Crippen molar-refractivity contribution in [2.45, 2.75) is 6.92 Å². The van der Waals surface area contributed by atoms with E-state index in [4.69, 9.17) is 11.6 Å². The van der Waals surface area contributed by atoms with E-state index in [0.717, 1.165) is 15.6 Å². The zero-order chi connectivity index (χ0) is 9.42. The molecule has 0 bridgehead atoms. The largest absolute Gasteiger partial charge is 0.0837 e. The van der Waals surface area contributed by atoms with Crippen LogP contribution in [-0.2, 0) is 0 Å². The molecule has 0 unspecified atom stereocenters. The lowest BCUT2D eigenvalue weighted by atomic mass is 10.1. The molecule has 63 valence electrons. The Kier molecular flexibility index (Phi) is 2.14. The summed E-state index contributed by atoms with van der Waals surface area (Å²) in [6.07, 6.45) is 0. The third-order valence-electron chi connectivity index (χ3n) is 2.17. The molecule has 2 rings (SSSR count). The second-order valence-corrected chi connectivity index (χ2v) is 4.07. The highest BCUT2D eigenvalue weighted by molar-refractivity contribution is 6.37. The van der Waals surface area contributed by atoms with Gasteiger partial charge in [0.15, 0.2) is 0 Å². The second kappa shape index (κ2) is 3.16. The van der Waals surface area contributed by atoms with E-state index >= 15 is 0 Å². The third-order valence-corrected chi connectivity index (χ3v) is 3.04. The van der Waals surface area contributed by atoms with E-state index in [0.29, 0.717) is 0 Å². The molecule has 0 aliphatic heterocycles. The van der Waals surface area contributed by atoms with Gasteiger partial charge in [-0.2, -0.15) is 0 Å². The molecule has 0 aromatic heterocycles. The molecule has 0 fully saturated rings. The third kappa shape index (κ3) is 1.50. The molecule has 0 amide bonds. The average Bonchev–Trinajstić information content (AvgIpc) is 2.09. The molecule has 3 radical (unpaired) electrons. The molecule has 0 N–H and O–H groups in total. The predicted molar refractivity (Wildman–Crippen MR) is 59.1 cm³/mol. The highest BCUT2D eigenvalue weighted by atomic mass is 35.5. The number of fused-ring (bicyclic) bond motifs is 1. The highest BCUT2D eigenvalue weighted by Gasteiger charge is 2.00. The summed E-state index contributed by atoms with van der Waals surface area (Å²) in [5, 5.41) is 4.22. The minimum absolute atomic E-state index is 0.812. The van der Waals surface area contributed by atoms with Crippen molar-refractivity contribution < 1.29 is 0 Å². The molecule has 2 heteroatoms. The van der Waals surface area contributed by atoms with E-state index < -0.39 is 0 Å². The zero-order valence-corrected chi connectivity index (χ0v) is 9.02.